The monoisotopic (exact) mass is 301 g/mol. The lowest BCUT2D eigenvalue weighted by Gasteiger charge is -2.13. The minimum atomic E-state index is -1.00. The lowest BCUT2D eigenvalue weighted by molar-refractivity contribution is 0.0696. The van der Waals surface area contributed by atoms with Gasteiger partial charge in [0.05, 0.1) is 11.3 Å². The first-order chi connectivity index (χ1) is 10.2. The number of carbonyl (C=O) groups is 2. The second kappa shape index (κ2) is 5.63. The SMILES string of the molecule is Cn1nc(C(C)(C)C)cc1C(=O)Nc1ccc(C(=O)O)cc1. The molecule has 0 fully saturated rings. The standard InChI is InChI=1S/C16H19N3O3/c1-16(2,3)13-9-12(19(4)18-13)14(20)17-11-7-5-10(6-8-11)15(21)22/h5-9H,1-4H3,(H,17,20)(H,21,22). The van der Waals surface area contributed by atoms with Crippen LogP contribution in [-0.2, 0) is 12.5 Å². The van der Waals surface area contributed by atoms with Crippen LogP contribution in [0.15, 0.2) is 30.3 Å². The van der Waals surface area contributed by atoms with Gasteiger partial charge in [0.15, 0.2) is 0 Å². The second-order valence-electron chi connectivity index (χ2n) is 6.13. The van der Waals surface area contributed by atoms with Gasteiger partial charge in [-0.2, -0.15) is 5.10 Å². The summed E-state index contributed by atoms with van der Waals surface area (Å²) in [5, 5.41) is 15.9. The van der Waals surface area contributed by atoms with E-state index in [9.17, 15) is 9.59 Å². The van der Waals surface area contributed by atoms with Crippen molar-refractivity contribution in [3.05, 3.63) is 47.3 Å². The molecule has 0 bridgehead atoms. The third-order valence-electron chi connectivity index (χ3n) is 3.27. The van der Waals surface area contributed by atoms with E-state index < -0.39 is 5.97 Å². The molecule has 0 atom stereocenters. The third kappa shape index (κ3) is 3.33. The largest absolute Gasteiger partial charge is 0.478 e. The zero-order valence-electron chi connectivity index (χ0n) is 13.0. The second-order valence-corrected chi connectivity index (χ2v) is 6.13. The van der Waals surface area contributed by atoms with Crippen molar-refractivity contribution in [3.8, 4) is 0 Å². The molecule has 0 aliphatic heterocycles. The first-order valence-corrected chi connectivity index (χ1v) is 6.87. The number of hydrogen-bond acceptors (Lipinski definition) is 3. The third-order valence-corrected chi connectivity index (χ3v) is 3.27. The van der Waals surface area contributed by atoms with Crippen molar-refractivity contribution in [1.82, 2.24) is 9.78 Å². The number of amides is 1. The van der Waals surface area contributed by atoms with Crippen LogP contribution in [0, 0.1) is 0 Å². The van der Waals surface area contributed by atoms with Gasteiger partial charge >= 0.3 is 5.97 Å². The van der Waals surface area contributed by atoms with E-state index in [0.29, 0.717) is 11.4 Å². The maximum absolute atomic E-state index is 12.3. The summed E-state index contributed by atoms with van der Waals surface area (Å²) in [6, 6.07) is 7.77. The molecule has 0 saturated carbocycles. The Morgan fingerprint density at radius 2 is 1.77 bits per heavy atom. The van der Waals surface area contributed by atoms with Crippen LogP contribution in [0.5, 0.6) is 0 Å². The van der Waals surface area contributed by atoms with Gasteiger partial charge in [0.1, 0.15) is 5.69 Å². The van der Waals surface area contributed by atoms with E-state index in [1.54, 1.807) is 29.9 Å². The maximum atomic E-state index is 12.3. The average Bonchev–Trinajstić information content (AvgIpc) is 2.81. The zero-order chi connectivity index (χ0) is 16.5. The fourth-order valence-corrected chi connectivity index (χ4v) is 1.94. The Labute approximate surface area is 128 Å². The Morgan fingerprint density at radius 1 is 1.18 bits per heavy atom. The lowest BCUT2D eigenvalue weighted by Crippen LogP contribution is -2.16. The molecule has 0 unspecified atom stereocenters. The van der Waals surface area contributed by atoms with Gasteiger partial charge in [0.2, 0.25) is 0 Å². The molecule has 0 spiro atoms. The minimum absolute atomic E-state index is 0.139. The number of carboxylic acid groups (broad SMARTS) is 1. The molecule has 1 amide bonds. The van der Waals surface area contributed by atoms with Crippen molar-refractivity contribution in [2.45, 2.75) is 26.2 Å². The summed E-state index contributed by atoms with van der Waals surface area (Å²) in [5.41, 5.74) is 1.86. The lowest BCUT2D eigenvalue weighted by atomic mass is 9.92. The predicted octanol–water partition coefficient (Wildman–Crippen LogP) is 2.67. The van der Waals surface area contributed by atoms with Crippen molar-refractivity contribution >= 4 is 17.6 Å². The van der Waals surface area contributed by atoms with Crippen molar-refractivity contribution in [3.63, 3.8) is 0 Å². The number of anilines is 1. The van der Waals surface area contributed by atoms with Gasteiger partial charge in [0, 0.05) is 18.2 Å². The predicted molar refractivity (Wildman–Crippen MR) is 83.3 cm³/mol. The van der Waals surface area contributed by atoms with Crippen molar-refractivity contribution in [2.75, 3.05) is 5.32 Å². The first-order valence-electron chi connectivity index (χ1n) is 6.87. The van der Waals surface area contributed by atoms with Crippen molar-refractivity contribution < 1.29 is 14.7 Å². The molecule has 0 radical (unpaired) electrons. The van der Waals surface area contributed by atoms with Gasteiger partial charge in [-0.15, -0.1) is 0 Å². The number of rotatable bonds is 3. The zero-order valence-corrected chi connectivity index (χ0v) is 13.0. The maximum Gasteiger partial charge on any atom is 0.335 e. The number of aromatic carboxylic acids is 1. The molecule has 1 heterocycles. The van der Waals surface area contributed by atoms with Gasteiger partial charge in [-0.1, -0.05) is 20.8 Å². The van der Waals surface area contributed by atoms with Crippen LogP contribution in [0.25, 0.3) is 0 Å². The van der Waals surface area contributed by atoms with E-state index in [4.69, 9.17) is 5.11 Å². The topological polar surface area (TPSA) is 84.2 Å². The number of hydrogen-bond donors (Lipinski definition) is 2. The van der Waals surface area contributed by atoms with E-state index in [1.165, 1.54) is 12.1 Å². The molecule has 0 aliphatic carbocycles. The Morgan fingerprint density at radius 3 is 2.23 bits per heavy atom. The average molecular weight is 301 g/mol. The van der Waals surface area contributed by atoms with Crippen LogP contribution in [0.3, 0.4) is 0 Å². The molecule has 0 aliphatic rings. The van der Waals surface area contributed by atoms with Gasteiger partial charge in [-0.05, 0) is 30.3 Å². The number of nitrogens with one attached hydrogen (secondary N) is 1. The van der Waals surface area contributed by atoms with Crippen LogP contribution in [0.4, 0.5) is 5.69 Å². The number of aryl methyl sites for hydroxylation is 1. The highest BCUT2D eigenvalue weighted by molar-refractivity contribution is 6.03. The molecular weight excluding hydrogens is 282 g/mol. The highest BCUT2D eigenvalue weighted by atomic mass is 16.4. The smallest absolute Gasteiger partial charge is 0.335 e. The first kappa shape index (κ1) is 15.8. The molecule has 2 rings (SSSR count). The summed E-state index contributed by atoms with van der Waals surface area (Å²) in [4.78, 5) is 23.1. The highest BCUT2D eigenvalue weighted by Gasteiger charge is 2.21. The molecule has 1 aromatic heterocycles. The quantitative estimate of drug-likeness (QED) is 0.913. The number of benzene rings is 1. The highest BCUT2D eigenvalue weighted by Crippen LogP contribution is 2.22. The molecule has 116 valence electrons. The molecule has 1 aromatic carbocycles. The molecule has 6 nitrogen and oxygen atoms in total. The fraction of sp³-hybridized carbons (Fsp3) is 0.312. The van der Waals surface area contributed by atoms with E-state index in [1.807, 2.05) is 20.8 Å². The summed E-state index contributed by atoms with van der Waals surface area (Å²) < 4.78 is 1.54. The summed E-state index contributed by atoms with van der Waals surface area (Å²) in [7, 11) is 1.72. The Hall–Kier alpha value is -2.63. The number of carbonyl (C=O) groups excluding carboxylic acids is 1. The number of carboxylic acids is 1. The van der Waals surface area contributed by atoms with Gasteiger partial charge < -0.3 is 10.4 Å². The van der Waals surface area contributed by atoms with E-state index in [2.05, 4.69) is 10.4 Å². The van der Waals surface area contributed by atoms with Crippen LogP contribution < -0.4 is 5.32 Å². The van der Waals surface area contributed by atoms with Crippen LogP contribution in [0.2, 0.25) is 0 Å². The molecule has 22 heavy (non-hydrogen) atoms. The fourth-order valence-electron chi connectivity index (χ4n) is 1.94. The van der Waals surface area contributed by atoms with Gasteiger partial charge in [0.25, 0.3) is 5.91 Å². The molecule has 2 aromatic rings. The van der Waals surface area contributed by atoms with Crippen molar-refractivity contribution in [1.29, 1.82) is 0 Å². The van der Waals surface area contributed by atoms with Crippen molar-refractivity contribution in [2.24, 2.45) is 7.05 Å². The number of aromatic nitrogens is 2. The van der Waals surface area contributed by atoms with E-state index >= 15 is 0 Å². The summed E-state index contributed by atoms with van der Waals surface area (Å²) in [6.07, 6.45) is 0. The number of nitrogens with zero attached hydrogens (tertiary/aromatic N) is 2. The van der Waals surface area contributed by atoms with Crippen LogP contribution in [-0.4, -0.2) is 26.8 Å². The van der Waals surface area contributed by atoms with E-state index in [0.717, 1.165) is 5.69 Å². The van der Waals surface area contributed by atoms with E-state index in [-0.39, 0.29) is 16.9 Å². The molecule has 6 heteroatoms. The molecular formula is C16H19N3O3. The summed E-state index contributed by atoms with van der Waals surface area (Å²) in [5.74, 6) is -1.28. The van der Waals surface area contributed by atoms with Crippen LogP contribution in [0.1, 0.15) is 47.3 Å². The normalized spacial score (nSPS) is 11.3. The Kier molecular flexibility index (Phi) is 4.03. The summed E-state index contributed by atoms with van der Waals surface area (Å²) in [6.45, 7) is 6.09. The minimum Gasteiger partial charge on any atom is -0.478 e. The Bertz CT molecular complexity index is 709. The molecule has 2 N–H and O–H groups in total. The molecule has 0 saturated heterocycles. The summed E-state index contributed by atoms with van der Waals surface area (Å²) >= 11 is 0. The van der Waals surface area contributed by atoms with Crippen LogP contribution >= 0.6 is 0 Å². The van der Waals surface area contributed by atoms with Gasteiger partial charge in [-0.3, -0.25) is 9.48 Å². The Balaban J connectivity index is 2.19. The van der Waals surface area contributed by atoms with Gasteiger partial charge in [-0.25, -0.2) is 4.79 Å².